The fourth-order valence-electron chi connectivity index (χ4n) is 4.77. The minimum absolute atomic E-state index is 0.0587. The second-order valence-electron chi connectivity index (χ2n) is 7.12. The Hall–Kier alpha value is -3.66. The summed E-state index contributed by atoms with van der Waals surface area (Å²) in [6.45, 7) is 0. The highest BCUT2D eigenvalue weighted by Gasteiger charge is 2.28. The Labute approximate surface area is 158 Å². The molecule has 0 saturated heterocycles. The fourth-order valence-corrected chi connectivity index (χ4v) is 4.77. The zero-order chi connectivity index (χ0) is 19.2. The third-order valence-electron chi connectivity index (χ3n) is 5.92. The van der Waals surface area contributed by atoms with Crippen LogP contribution in [0.1, 0.15) is 0 Å². The summed E-state index contributed by atoms with van der Waals surface area (Å²) in [6, 6.07) is 14.8. The van der Waals surface area contributed by atoms with Crippen LogP contribution in [0.2, 0.25) is 0 Å². The normalized spacial score (nSPS) is 12.2. The van der Waals surface area contributed by atoms with Gasteiger partial charge in [-0.15, -0.1) is 0 Å². The summed E-state index contributed by atoms with van der Waals surface area (Å²) in [5, 5.41) is 5.61. The van der Waals surface area contributed by atoms with Gasteiger partial charge >= 0.3 is 0 Å². The molecule has 0 spiro atoms. The molecule has 0 radical (unpaired) electrons. The van der Waals surface area contributed by atoms with Crippen molar-refractivity contribution in [2.75, 3.05) is 14.2 Å². The van der Waals surface area contributed by atoms with Gasteiger partial charge in [-0.1, -0.05) is 36.4 Å². The molecule has 0 heterocycles. The van der Waals surface area contributed by atoms with E-state index in [-0.39, 0.29) is 10.9 Å². The molecule has 0 atom stereocenters. The van der Waals surface area contributed by atoms with Crippen LogP contribution in [0.4, 0.5) is 0 Å². The van der Waals surface area contributed by atoms with E-state index < -0.39 is 0 Å². The van der Waals surface area contributed by atoms with Crippen LogP contribution in [0.3, 0.4) is 0 Å². The van der Waals surface area contributed by atoms with E-state index in [0.29, 0.717) is 33.0 Å². The molecule has 6 rings (SSSR count). The molecular formula is C24H14O4. The number of benzene rings is 6. The Morgan fingerprint density at radius 3 is 1.36 bits per heavy atom. The monoisotopic (exact) mass is 366 g/mol. The maximum absolute atomic E-state index is 13.4. The Morgan fingerprint density at radius 2 is 0.964 bits per heavy atom. The lowest BCUT2D eigenvalue weighted by atomic mass is 9.81. The summed E-state index contributed by atoms with van der Waals surface area (Å²) in [5.74, 6) is 1.20. The predicted octanol–water partition coefficient (Wildman–Crippen LogP) is 4.46. The number of ether oxygens (including phenoxy) is 2. The maximum atomic E-state index is 13.4. The SMILES string of the molecule is COc1cc2c3c4c1cccc4c(=O)c1cc(OC)c4cccc(c2=O)c4c1-3. The zero-order valence-corrected chi connectivity index (χ0v) is 15.3. The van der Waals surface area contributed by atoms with Gasteiger partial charge in [-0.2, -0.15) is 0 Å². The van der Waals surface area contributed by atoms with Gasteiger partial charge in [-0.05, 0) is 12.1 Å². The van der Waals surface area contributed by atoms with Crippen molar-refractivity contribution in [2.24, 2.45) is 0 Å². The van der Waals surface area contributed by atoms with E-state index in [4.69, 9.17) is 9.47 Å². The highest BCUT2D eigenvalue weighted by Crippen LogP contribution is 2.48. The second kappa shape index (κ2) is 4.98. The summed E-state index contributed by atoms with van der Waals surface area (Å²) in [7, 11) is 3.17. The van der Waals surface area contributed by atoms with Gasteiger partial charge in [0.15, 0.2) is 10.9 Å². The second-order valence-corrected chi connectivity index (χ2v) is 7.12. The first-order valence-corrected chi connectivity index (χ1v) is 9.03. The van der Waals surface area contributed by atoms with E-state index in [0.717, 1.165) is 32.7 Å². The van der Waals surface area contributed by atoms with Crippen molar-refractivity contribution in [3.63, 3.8) is 0 Å². The molecule has 0 fully saturated rings. The van der Waals surface area contributed by atoms with E-state index >= 15 is 0 Å². The van der Waals surface area contributed by atoms with Crippen molar-refractivity contribution in [3.05, 3.63) is 69.0 Å². The molecule has 4 aromatic carbocycles. The van der Waals surface area contributed by atoms with Crippen molar-refractivity contribution in [1.29, 1.82) is 0 Å². The van der Waals surface area contributed by atoms with Gasteiger partial charge in [0.05, 0.1) is 14.2 Å². The first-order valence-electron chi connectivity index (χ1n) is 9.03. The van der Waals surface area contributed by atoms with E-state index in [9.17, 15) is 9.59 Å². The molecule has 4 heteroatoms. The fraction of sp³-hybridized carbons (Fsp3) is 0.0833. The number of hydrogen-bond donors (Lipinski definition) is 0. The van der Waals surface area contributed by atoms with Crippen LogP contribution in [0.15, 0.2) is 58.1 Å². The average molecular weight is 366 g/mol. The summed E-state index contributed by atoms with van der Waals surface area (Å²) in [4.78, 5) is 26.9. The van der Waals surface area contributed by atoms with Crippen LogP contribution in [0.25, 0.3) is 54.2 Å². The number of hydrogen-bond acceptors (Lipinski definition) is 4. The van der Waals surface area contributed by atoms with Crippen LogP contribution < -0.4 is 20.3 Å². The standard InChI is InChI=1S/C24H14O4/c1-27-17-9-15-21-19-11(17)5-3-7-13(19)24(26)16-10-18(28-2)12-6-4-8-14(23(15)25)20(12)22(16)21/h3-10H,1-2H3. The van der Waals surface area contributed by atoms with Gasteiger partial charge in [0.1, 0.15) is 11.5 Å². The van der Waals surface area contributed by atoms with Crippen molar-refractivity contribution in [3.8, 4) is 22.6 Å². The molecule has 2 aliphatic rings. The van der Waals surface area contributed by atoms with Gasteiger partial charge in [0.25, 0.3) is 0 Å². The Morgan fingerprint density at radius 1 is 0.571 bits per heavy atom. The highest BCUT2D eigenvalue weighted by atomic mass is 16.5. The minimum Gasteiger partial charge on any atom is -0.496 e. The first kappa shape index (κ1) is 15.4. The number of rotatable bonds is 2. The summed E-state index contributed by atoms with van der Waals surface area (Å²) in [6.07, 6.45) is 0. The highest BCUT2D eigenvalue weighted by molar-refractivity contribution is 6.29. The number of methoxy groups -OCH3 is 2. The summed E-state index contributed by atoms with van der Waals surface area (Å²) in [5.41, 5.74) is 1.54. The average Bonchev–Trinajstić information content (AvgIpc) is 2.74. The van der Waals surface area contributed by atoms with E-state index in [1.807, 2.05) is 36.4 Å². The van der Waals surface area contributed by atoms with Crippen molar-refractivity contribution >= 4 is 43.1 Å². The van der Waals surface area contributed by atoms with Crippen LogP contribution in [0.5, 0.6) is 11.5 Å². The van der Waals surface area contributed by atoms with Gasteiger partial charge in [0.2, 0.25) is 0 Å². The lowest BCUT2D eigenvalue weighted by Gasteiger charge is -2.22. The molecule has 0 unspecified atom stereocenters. The summed E-state index contributed by atoms with van der Waals surface area (Å²) < 4.78 is 11.1. The topological polar surface area (TPSA) is 52.6 Å². The van der Waals surface area contributed by atoms with E-state index in [1.54, 1.807) is 26.4 Å². The van der Waals surface area contributed by atoms with Crippen LogP contribution >= 0.6 is 0 Å². The molecule has 0 aromatic heterocycles. The Balaban J connectivity index is 2.12. The molecule has 2 aliphatic carbocycles. The Bertz CT molecular complexity index is 1490. The largest absolute Gasteiger partial charge is 0.496 e. The molecule has 4 nitrogen and oxygen atoms in total. The van der Waals surface area contributed by atoms with E-state index in [1.165, 1.54) is 0 Å². The van der Waals surface area contributed by atoms with Crippen LogP contribution in [0, 0.1) is 0 Å². The smallest absolute Gasteiger partial charge is 0.194 e. The van der Waals surface area contributed by atoms with Gasteiger partial charge in [-0.3, -0.25) is 9.59 Å². The summed E-state index contributed by atoms with van der Waals surface area (Å²) >= 11 is 0. The molecule has 0 N–H and O–H groups in total. The van der Waals surface area contributed by atoms with Gasteiger partial charge < -0.3 is 9.47 Å². The molecular weight excluding hydrogens is 352 g/mol. The van der Waals surface area contributed by atoms with Crippen LogP contribution in [-0.2, 0) is 0 Å². The zero-order valence-electron chi connectivity index (χ0n) is 15.3. The van der Waals surface area contributed by atoms with E-state index in [2.05, 4.69) is 0 Å². The first-order chi connectivity index (χ1) is 13.7. The maximum Gasteiger partial charge on any atom is 0.194 e. The molecule has 4 aromatic rings. The molecule has 0 amide bonds. The minimum atomic E-state index is -0.0587. The van der Waals surface area contributed by atoms with Crippen molar-refractivity contribution < 1.29 is 9.47 Å². The Kier molecular flexibility index (Phi) is 2.74. The third-order valence-corrected chi connectivity index (χ3v) is 5.92. The predicted molar refractivity (Wildman–Crippen MR) is 112 cm³/mol. The lowest BCUT2D eigenvalue weighted by molar-refractivity contribution is 0.420. The molecule has 0 bridgehead atoms. The molecule has 0 saturated carbocycles. The van der Waals surface area contributed by atoms with Gasteiger partial charge in [-0.25, -0.2) is 0 Å². The molecule has 28 heavy (non-hydrogen) atoms. The van der Waals surface area contributed by atoms with Crippen molar-refractivity contribution in [1.82, 2.24) is 0 Å². The molecule has 0 aliphatic heterocycles. The quantitative estimate of drug-likeness (QED) is 0.335. The van der Waals surface area contributed by atoms with Crippen molar-refractivity contribution in [2.45, 2.75) is 0 Å². The third kappa shape index (κ3) is 1.58. The van der Waals surface area contributed by atoms with Crippen LogP contribution in [-0.4, -0.2) is 14.2 Å². The lowest BCUT2D eigenvalue weighted by Crippen LogP contribution is -2.13. The van der Waals surface area contributed by atoms with Gasteiger partial charge in [0, 0.05) is 54.2 Å². The molecule has 134 valence electrons.